The van der Waals surface area contributed by atoms with E-state index in [0.717, 1.165) is 10.8 Å². The van der Waals surface area contributed by atoms with Crippen LogP contribution in [0.15, 0.2) is 5.38 Å². The van der Waals surface area contributed by atoms with Crippen molar-refractivity contribution in [2.24, 2.45) is 0 Å². The molecule has 0 aromatic carbocycles. The lowest BCUT2D eigenvalue weighted by Crippen LogP contribution is -2.19. The van der Waals surface area contributed by atoms with E-state index < -0.39 is 0 Å². The summed E-state index contributed by atoms with van der Waals surface area (Å²) in [6, 6.07) is 0.314. The van der Waals surface area contributed by atoms with Gasteiger partial charge in [-0.05, 0) is 14.0 Å². The second-order valence-corrected chi connectivity index (χ2v) is 3.95. The zero-order valence-electron chi connectivity index (χ0n) is 8.46. The lowest BCUT2D eigenvalue weighted by molar-refractivity contribution is 0.494. The van der Waals surface area contributed by atoms with E-state index in [1.165, 1.54) is 0 Å². The molecule has 0 aliphatic carbocycles. The molecule has 0 saturated heterocycles. The van der Waals surface area contributed by atoms with E-state index in [1.54, 1.807) is 11.3 Å². The first-order valence-electron chi connectivity index (χ1n) is 4.20. The zero-order chi connectivity index (χ0) is 9.84. The van der Waals surface area contributed by atoms with Crippen molar-refractivity contribution in [1.29, 1.82) is 0 Å². The summed E-state index contributed by atoms with van der Waals surface area (Å²) >= 11 is 1.62. The number of thiazole rings is 1. The van der Waals surface area contributed by atoms with Crippen LogP contribution in [-0.2, 0) is 0 Å². The third-order valence-corrected chi connectivity index (χ3v) is 2.48. The number of hydrogen-bond acceptors (Lipinski definition) is 5. The Morgan fingerprint density at radius 1 is 1.54 bits per heavy atom. The van der Waals surface area contributed by atoms with Crippen LogP contribution >= 0.6 is 11.3 Å². The van der Waals surface area contributed by atoms with Crippen LogP contribution in [-0.4, -0.2) is 31.1 Å². The summed E-state index contributed by atoms with van der Waals surface area (Å²) in [5.41, 5.74) is 4.20. The highest BCUT2D eigenvalue weighted by molar-refractivity contribution is 7.13. The smallest absolute Gasteiger partial charge is 0.197 e. The maximum Gasteiger partial charge on any atom is 0.197 e. The Hall–Kier alpha value is -0.650. The van der Waals surface area contributed by atoms with Crippen LogP contribution in [0.25, 0.3) is 0 Å². The summed E-state index contributed by atoms with van der Waals surface area (Å²) in [4.78, 5) is 4.42. The van der Waals surface area contributed by atoms with Gasteiger partial charge in [-0.1, -0.05) is 0 Å². The minimum Gasteiger partial charge on any atom is -0.312 e. The van der Waals surface area contributed by atoms with Gasteiger partial charge in [0.05, 0.1) is 5.69 Å². The number of nitrogens with zero attached hydrogens (tertiary/aromatic N) is 2. The lowest BCUT2D eigenvalue weighted by Gasteiger charge is -2.09. The Morgan fingerprint density at radius 2 is 2.23 bits per heavy atom. The van der Waals surface area contributed by atoms with Gasteiger partial charge in [0.1, 0.15) is 0 Å². The fourth-order valence-electron chi connectivity index (χ4n) is 0.876. The highest BCUT2D eigenvalue weighted by Crippen LogP contribution is 2.19. The Bertz CT molecular complexity index is 258. The molecule has 1 aromatic heterocycles. The van der Waals surface area contributed by atoms with E-state index in [2.05, 4.69) is 28.0 Å². The first-order valence-corrected chi connectivity index (χ1v) is 5.08. The van der Waals surface area contributed by atoms with Crippen molar-refractivity contribution in [3.05, 3.63) is 11.1 Å². The maximum absolute atomic E-state index is 4.42. The first-order chi connectivity index (χ1) is 6.13. The average Bonchev–Trinajstić information content (AvgIpc) is 2.50. The molecule has 74 valence electrons. The molecule has 1 rings (SSSR count). The molecule has 0 radical (unpaired) electrons. The number of hydrazine groups is 1. The molecule has 0 fully saturated rings. The van der Waals surface area contributed by atoms with Gasteiger partial charge in [-0.3, -0.25) is 5.43 Å². The van der Waals surface area contributed by atoms with Crippen molar-refractivity contribution in [2.45, 2.75) is 13.0 Å². The number of aromatic nitrogens is 1. The number of rotatable bonds is 4. The number of anilines is 1. The van der Waals surface area contributed by atoms with Crippen molar-refractivity contribution in [1.82, 2.24) is 15.3 Å². The van der Waals surface area contributed by atoms with Gasteiger partial charge in [0.15, 0.2) is 5.13 Å². The van der Waals surface area contributed by atoms with Crippen LogP contribution in [0.1, 0.15) is 18.7 Å². The van der Waals surface area contributed by atoms with E-state index >= 15 is 0 Å². The molecule has 0 aliphatic rings. The topological polar surface area (TPSA) is 40.2 Å². The van der Waals surface area contributed by atoms with Crippen LogP contribution in [0.2, 0.25) is 0 Å². The third kappa shape index (κ3) is 2.95. The monoisotopic (exact) mass is 200 g/mol. The van der Waals surface area contributed by atoms with Crippen molar-refractivity contribution >= 4 is 16.5 Å². The van der Waals surface area contributed by atoms with Crippen molar-refractivity contribution < 1.29 is 0 Å². The van der Waals surface area contributed by atoms with Crippen LogP contribution in [0.3, 0.4) is 0 Å². The van der Waals surface area contributed by atoms with Gasteiger partial charge in [0.2, 0.25) is 0 Å². The minimum atomic E-state index is 0.314. The molecule has 0 aliphatic heterocycles. The SMILES string of the molecule is CNC(C)c1csc(NN(C)C)n1. The number of hydrogen-bond donors (Lipinski definition) is 2. The van der Waals surface area contributed by atoms with Gasteiger partial charge >= 0.3 is 0 Å². The molecule has 0 spiro atoms. The van der Waals surface area contributed by atoms with Crippen molar-refractivity contribution in [3.8, 4) is 0 Å². The first kappa shape index (κ1) is 10.4. The average molecular weight is 200 g/mol. The Morgan fingerprint density at radius 3 is 2.77 bits per heavy atom. The van der Waals surface area contributed by atoms with Gasteiger partial charge in [-0.25, -0.2) is 9.99 Å². The summed E-state index contributed by atoms with van der Waals surface area (Å²) < 4.78 is 0. The largest absolute Gasteiger partial charge is 0.312 e. The highest BCUT2D eigenvalue weighted by Gasteiger charge is 2.07. The summed E-state index contributed by atoms with van der Waals surface area (Å²) in [6.07, 6.45) is 0. The van der Waals surface area contributed by atoms with Gasteiger partial charge < -0.3 is 5.32 Å². The summed E-state index contributed by atoms with van der Waals surface area (Å²) in [6.45, 7) is 2.09. The summed E-state index contributed by atoms with van der Waals surface area (Å²) in [5.74, 6) is 0. The molecule has 4 nitrogen and oxygen atoms in total. The van der Waals surface area contributed by atoms with Gasteiger partial charge in [0.25, 0.3) is 0 Å². The molecule has 0 amide bonds. The van der Waals surface area contributed by atoms with Crippen LogP contribution in [0, 0.1) is 0 Å². The molecule has 0 saturated carbocycles. The third-order valence-electron chi connectivity index (χ3n) is 1.72. The predicted octanol–water partition coefficient (Wildman–Crippen LogP) is 1.31. The Kier molecular flexibility index (Phi) is 3.65. The molecule has 2 N–H and O–H groups in total. The molecular formula is C8H16N4S. The summed E-state index contributed by atoms with van der Waals surface area (Å²) in [7, 11) is 5.83. The number of nitrogens with one attached hydrogen (secondary N) is 2. The van der Waals surface area contributed by atoms with Gasteiger partial charge in [-0.15, -0.1) is 11.3 Å². The lowest BCUT2D eigenvalue weighted by atomic mass is 10.3. The molecule has 13 heavy (non-hydrogen) atoms. The molecule has 1 heterocycles. The fourth-order valence-corrected chi connectivity index (χ4v) is 1.76. The highest BCUT2D eigenvalue weighted by atomic mass is 32.1. The van der Waals surface area contributed by atoms with Crippen molar-refractivity contribution in [2.75, 3.05) is 26.6 Å². The summed E-state index contributed by atoms with van der Waals surface area (Å²) in [5, 5.41) is 8.03. The van der Waals surface area contributed by atoms with E-state index in [-0.39, 0.29) is 0 Å². The van der Waals surface area contributed by atoms with Gasteiger partial charge in [0, 0.05) is 25.5 Å². The second kappa shape index (κ2) is 4.55. The Balaban J connectivity index is 2.63. The van der Waals surface area contributed by atoms with Crippen molar-refractivity contribution in [3.63, 3.8) is 0 Å². The van der Waals surface area contributed by atoms with Crippen LogP contribution in [0.5, 0.6) is 0 Å². The van der Waals surface area contributed by atoms with E-state index in [4.69, 9.17) is 0 Å². The quantitative estimate of drug-likeness (QED) is 0.719. The Labute approximate surface area is 82.9 Å². The standard InChI is InChI=1S/C8H16N4S/c1-6(9-2)7-5-13-8(10-7)11-12(3)4/h5-6,9H,1-4H3,(H,10,11). The van der Waals surface area contributed by atoms with Gasteiger partial charge in [-0.2, -0.15) is 0 Å². The minimum absolute atomic E-state index is 0.314. The normalized spacial score (nSPS) is 13.3. The molecule has 1 atom stereocenters. The molecular weight excluding hydrogens is 184 g/mol. The van der Waals surface area contributed by atoms with E-state index in [1.807, 2.05) is 26.2 Å². The zero-order valence-corrected chi connectivity index (χ0v) is 9.27. The maximum atomic E-state index is 4.42. The molecule has 5 heteroatoms. The fraction of sp³-hybridized carbons (Fsp3) is 0.625. The van der Waals surface area contributed by atoms with E-state index in [0.29, 0.717) is 6.04 Å². The predicted molar refractivity (Wildman–Crippen MR) is 56.9 cm³/mol. The van der Waals surface area contributed by atoms with Crippen LogP contribution < -0.4 is 10.7 Å². The van der Waals surface area contributed by atoms with E-state index in [9.17, 15) is 0 Å². The van der Waals surface area contributed by atoms with Crippen LogP contribution in [0.4, 0.5) is 5.13 Å². The molecule has 0 bridgehead atoms. The molecule has 1 aromatic rings. The molecule has 1 unspecified atom stereocenters. The second-order valence-electron chi connectivity index (χ2n) is 3.09.